The van der Waals surface area contributed by atoms with Crippen molar-refractivity contribution in [2.24, 2.45) is 0 Å². The van der Waals surface area contributed by atoms with Crippen molar-refractivity contribution in [1.82, 2.24) is 10.2 Å². The third kappa shape index (κ3) is 4.96. The fraction of sp³-hybridized carbons (Fsp3) is 0.556. The van der Waals surface area contributed by atoms with Crippen LogP contribution in [-0.2, 0) is 9.59 Å². The number of amides is 2. The number of benzene rings is 1. The van der Waals surface area contributed by atoms with Gasteiger partial charge in [0.05, 0.1) is 0 Å². The number of nitrogens with zero attached hydrogens (tertiary/aromatic N) is 1. The van der Waals surface area contributed by atoms with Gasteiger partial charge in [-0.05, 0) is 49.4 Å². The molecule has 5 heteroatoms. The number of carbonyl (C=O) groups excluding carboxylic acids is 2. The first-order valence-electron chi connectivity index (χ1n) is 8.25. The van der Waals surface area contributed by atoms with Crippen molar-refractivity contribution < 1.29 is 9.59 Å². The van der Waals surface area contributed by atoms with Crippen molar-refractivity contribution in [3.8, 4) is 0 Å². The molecule has 1 N–H and O–H groups in total. The molecule has 1 fully saturated rings. The van der Waals surface area contributed by atoms with Crippen molar-refractivity contribution in [2.45, 2.75) is 44.9 Å². The molecule has 0 aliphatic carbocycles. The summed E-state index contributed by atoms with van der Waals surface area (Å²) in [7, 11) is 1.62. The lowest BCUT2D eigenvalue weighted by molar-refractivity contribution is -0.132. The Morgan fingerprint density at radius 1 is 1.22 bits per heavy atom. The highest BCUT2D eigenvalue weighted by Gasteiger charge is 2.24. The molecule has 1 atom stereocenters. The first kappa shape index (κ1) is 17.8. The highest BCUT2D eigenvalue weighted by atomic mass is 35.5. The van der Waals surface area contributed by atoms with Crippen molar-refractivity contribution in [3.05, 3.63) is 34.3 Å². The minimum absolute atomic E-state index is 0.0548. The van der Waals surface area contributed by atoms with Crippen LogP contribution in [0, 0.1) is 6.92 Å². The van der Waals surface area contributed by atoms with Crippen LogP contribution in [0.15, 0.2) is 18.2 Å². The number of hydrogen-bond donors (Lipinski definition) is 1. The molecule has 126 valence electrons. The lowest BCUT2D eigenvalue weighted by Crippen LogP contribution is -2.36. The van der Waals surface area contributed by atoms with E-state index in [4.69, 9.17) is 11.6 Å². The molecule has 2 rings (SSSR count). The topological polar surface area (TPSA) is 49.4 Å². The summed E-state index contributed by atoms with van der Waals surface area (Å²) in [5, 5.41) is 3.29. The maximum atomic E-state index is 12.6. The van der Waals surface area contributed by atoms with Gasteiger partial charge in [-0.2, -0.15) is 0 Å². The molecule has 0 radical (unpaired) electrons. The SMILES string of the molecule is CNC(=O)CC(CC(=O)N1CCCCC1)c1cc(Cl)ccc1C. The molecule has 0 spiro atoms. The lowest BCUT2D eigenvalue weighted by atomic mass is 9.88. The Morgan fingerprint density at radius 2 is 1.91 bits per heavy atom. The number of likely N-dealkylation sites (tertiary alicyclic amines) is 1. The van der Waals surface area contributed by atoms with Gasteiger partial charge in [0, 0.05) is 43.9 Å². The van der Waals surface area contributed by atoms with Gasteiger partial charge in [-0.15, -0.1) is 0 Å². The molecule has 1 aliphatic heterocycles. The van der Waals surface area contributed by atoms with Gasteiger partial charge in [-0.25, -0.2) is 0 Å². The van der Waals surface area contributed by atoms with Gasteiger partial charge < -0.3 is 10.2 Å². The second-order valence-corrected chi connectivity index (χ2v) is 6.66. The zero-order valence-corrected chi connectivity index (χ0v) is 14.7. The van der Waals surface area contributed by atoms with E-state index in [1.807, 2.05) is 30.0 Å². The number of piperidine rings is 1. The third-order valence-corrected chi connectivity index (χ3v) is 4.76. The Morgan fingerprint density at radius 3 is 2.57 bits per heavy atom. The Labute approximate surface area is 143 Å². The van der Waals surface area contributed by atoms with Gasteiger partial charge in [-0.3, -0.25) is 9.59 Å². The van der Waals surface area contributed by atoms with E-state index in [9.17, 15) is 9.59 Å². The zero-order chi connectivity index (χ0) is 16.8. The summed E-state index contributed by atoms with van der Waals surface area (Å²) in [5.41, 5.74) is 2.06. The van der Waals surface area contributed by atoms with Crippen LogP contribution in [0.1, 0.15) is 49.1 Å². The summed E-state index contributed by atoms with van der Waals surface area (Å²) in [6.45, 7) is 3.66. The Balaban J connectivity index is 2.17. The summed E-state index contributed by atoms with van der Waals surface area (Å²) in [6.07, 6.45) is 3.99. The molecule has 1 heterocycles. The zero-order valence-electron chi connectivity index (χ0n) is 13.9. The average molecular weight is 337 g/mol. The van der Waals surface area contributed by atoms with E-state index < -0.39 is 0 Å². The van der Waals surface area contributed by atoms with Crippen molar-refractivity contribution in [1.29, 1.82) is 0 Å². The molecule has 2 amide bonds. The molecule has 1 unspecified atom stereocenters. The Hall–Kier alpha value is -1.55. The standard InChI is InChI=1S/C18H25ClN2O2/c1-13-6-7-15(19)12-16(13)14(10-17(22)20-2)11-18(23)21-8-4-3-5-9-21/h6-7,12,14H,3-5,8-11H2,1-2H3,(H,20,22). The van der Waals surface area contributed by atoms with E-state index in [1.54, 1.807) is 7.05 Å². The molecule has 1 aromatic carbocycles. The van der Waals surface area contributed by atoms with Gasteiger partial charge in [0.25, 0.3) is 0 Å². The summed E-state index contributed by atoms with van der Waals surface area (Å²) >= 11 is 6.12. The first-order valence-corrected chi connectivity index (χ1v) is 8.63. The van der Waals surface area contributed by atoms with E-state index in [-0.39, 0.29) is 17.7 Å². The van der Waals surface area contributed by atoms with E-state index >= 15 is 0 Å². The highest BCUT2D eigenvalue weighted by Crippen LogP contribution is 2.30. The lowest BCUT2D eigenvalue weighted by Gasteiger charge is -2.29. The number of aryl methyl sites for hydroxylation is 1. The number of carbonyl (C=O) groups is 2. The maximum absolute atomic E-state index is 12.6. The summed E-state index contributed by atoms with van der Waals surface area (Å²) < 4.78 is 0. The second kappa shape index (κ2) is 8.34. The van der Waals surface area contributed by atoms with Gasteiger partial charge in [0.2, 0.25) is 11.8 Å². The van der Waals surface area contributed by atoms with E-state index in [1.165, 1.54) is 6.42 Å². The molecule has 23 heavy (non-hydrogen) atoms. The fourth-order valence-corrected chi connectivity index (χ4v) is 3.33. The van der Waals surface area contributed by atoms with Crippen LogP contribution < -0.4 is 5.32 Å². The second-order valence-electron chi connectivity index (χ2n) is 6.22. The van der Waals surface area contributed by atoms with Gasteiger partial charge in [0.15, 0.2) is 0 Å². The van der Waals surface area contributed by atoms with E-state index in [0.29, 0.717) is 17.9 Å². The smallest absolute Gasteiger partial charge is 0.223 e. The molecule has 1 aliphatic rings. The molecule has 1 saturated heterocycles. The van der Waals surface area contributed by atoms with Crippen molar-refractivity contribution >= 4 is 23.4 Å². The molecule has 0 saturated carbocycles. The van der Waals surface area contributed by atoms with Crippen LogP contribution in [0.5, 0.6) is 0 Å². The monoisotopic (exact) mass is 336 g/mol. The van der Waals surface area contributed by atoms with Gasteiger partial charge >= 0.3 is 0 Å². The average Bonchev–Trinajstić information content (AvgIpc) is 2.57. The minimum Gasteiger partial charge on any atom is -0.359 e. The number of nitrogens with one attached hydrogen (secondary N) is 1. The van der Waals surface area contributed by atoms with Crippen LogP contribution >= 0.6 is 11.6 Å². The van der Waals surface area contributed by atoms with E-state index in [0.717, 1.165) is 37.1 Å². The molecule has 0 bridgehead atoms. The molecule has 1 aromatic rings. The normalized spacial score (nSPS) is 16.0. The van der Waals surface area contributed by atoms with Crippen molar-refractivity contribution in [2.75, 3.05) is 20.1 Å². The van der Waals surface area contributed by atoms with Crippen LogP contribution in [0.4, 0.5) is 0 Å². The van der Waals surface area contributed by atoms with Crippen LogP contribution in [0.25, 0.3) is 0 Å². The largest absolute Gasteiger partial charge is 0.359 e. The molecular formula is C18H25ClN2O2. The highest BCUT2D eigenvalue weighted by molar-refractivity contribution is 6.30. The Kier molecular flexibility index (Phi) is 6.46. The molecular weight excluding hydrogens is 312 g/mol. The predicted octanol–water partition coefficient (Wildman–Crippen LogP) is 3.27. The van der Waals surface area contributed by atoms with Gasteiger partial charge in [-0.1, -0.05) is 17.7 Å². The minimum atomic E-state index is -0.136. The number of halogens is 1. The molecule has 4 nitrogen and oxygen atoms in total. The summed E-state index contributed by atoms with van der Waals surface area (Å²) in [4.78, 5) is 26.4. The van der Waals surface area contributed by atoms with Gasteiger partial charge in [0.1, 0.15) is 0 Å². The van der Waals surface area contributed by atoms with Crippen LogP contribution in [-0.4, -0.2) is 36.9 Å². The van der Waals surface area contributed by atoms with Crippen molar-refractivity contribution in [3.63, 3.8) is 0 Å². The third-order valence-electron chi connectivity index (χ3n) is 4.52. The quantitative estimate of drug-likeness (QED) is 0.897. The number of hydrogen-bond acceptors (Lipinski definition) is 2. The Bertz CT molecular complexity index is 568. The number of rotatable bonds is 5. The first-order chi connectivity index (χ1) is 11.0. The summed E-state index contributed by atoms with van der Waals surface area (Å²) in [5.74, 6) is -0.0538. The maximum Gasteiger partial charge on any atom is 0.223 e. The van der Waals surface area contributed by atoms with Crippen LogP contribution in [0.3, 0.4) is 0 Å². The van der Waals surface area contributed by atoms with E-state index in [2.05, 4.69) is 5.32 Å². The molecule has 0 aromatic heterocycles. The van der Waals surface area contributed by atoms with Crippen LogP contribution in [0.2, 0.25) is 5.02 Å². The predicted molar refractivity (Wildman–Crippen MR) is 92.7 cm³/mol. The fourth-order valence-electron chi connectivity index (χ4n) is 3.15. The summed E-state index contributed by atoms with van der Waals surface area (Å²) in [6, 6.07) is 5.66.